The molecule has 1 N–H and O–H groups in total. The van der Waals surface area contributed by atoms with Crippen LogP contribution < -0.4 is 5.32 Å². The summed E-state index contributed by atoms with van der Waals surface area (Å²) in [5.41, 5.74) is 0.493. The Bertz CT molecular complexity index is 687. The molecule has 24 heavy (non-hydrogen) atoms. The van der Waals surface area contributed by atoms with E-state index in [1.165, 1.54) is 12.8 Å². The van der Waals surface area contributed by atoms with E-state index in [2.05, 4.69) is 15.4 Å². The van der Waals surface area contributed by atoms with Crippen LogP contribution in [-0.2, 0) is 0 Å². The average molecular weight is 325 g/mol. The van der Waals surface area contributed by atoms with Gasteiger partial charge in [0.1, 0.15) is 5.69 Å². The Morgan fingerprint density at radius 2 is 2.00 bits per heavy atom. The Balaban J connectivity index is 1.36. The van der Waals surface area contributed by atoms with Gasteiger partial charge < -0.3 is 10.2 Å². The molecule has 0 radical (unpaired) electrons. The van der Waals surface area contributed by atoms with Crippen molar-refractivity contribution < 1.29 is 4.79 Å². The Morgan fingerprint density at radius 1 is 1.17 bits per heavy atom. The predicted molar refractivity (Wildman–Crippen MR) is 91.0 cm³/mol. The second-order valence-electron chi connectivity index (χ2n) is 6.75. The van der Waals surface area contributed by atoms with Crippen molar-refractivity contribution in [2.45, 2.75) is 31.7 Å². The van der Waals surface area contributed by atoms with Crippen molar-refractivity contribution in [3.05, 3.63) is 42.4 Å². The van der Waals surface area contributed by atoms with E-state index in [-0.39, 0.29) is 5.91 Å². The van der Waals surface area contributed by atoms with Gasteiger partial charge in [-0.1, -0.05) is 6.07 Å². The molecule has 1 amide bonds. The normalized spacial score (nSPS) is 18.8. The van der Waals surface area contributed by atoms with Gasteiger partial charge in [0.25, 0.3) is 5.91 Å². The molecule has 1 aliphatic carbocycles. The van der Waals surface area contributed by atoms with E-state index in [4.69, 9.17) is 0 Å². The number of carbonyl (C=O) groups excluding carboxylic acids is 1. The molecule has 1 aliphatic heterocycles. The third kappa shape index (κ3) is 3.48. The van der Waals surface area contributed by atoms with Crippen molar-refractivity contribution in [2.24, 2.45) is 5.92 Å². The van der Waals surface area contributed by atoms with Crippen LogP contribution in [0.3, 0.4) is 0 Å². The molecule has 126 valence electrons. The van der Waals surface area contributed by atoms with Gasteiger partial charge >= 0.3 is 0 Å². The number of pyridine rings is 1. The number of piperidine rings is 1. The molecule has 1 saturated carbocycles. The lowest BCUT2D eigenvalue weighted by molar-refractivity contribution is 0.0699. The summed E-state index contributed by atoms with van der Waals surface area (Å²) in [5.74, 6) is 1.59. The van der Waals surface area contributed by atoms with E-state index >= 15 is 0 Å². The Morgan fingerprint density at radius 3 is 2.71 bits per heavy atom. The zero-order valence-corrected chi connectivity index (χ0v) is 13.8. The molecule has 4 rings (SSSR count). The van der Waals surface area contributed by atoms with Gasteiger partial charge in [-0.25, -0.2) is 9.67 Å². The third-order valence-electron chi connectivity index (χ3n) is 4.87. The van der Waals surface area contributed by atoms with Gasteiger partial charge in [0, 0.05) is 31.5 Å². The van der Waals surface area contributed by atoms with Crippen LogP contribution in [0, 0.1) is 5.92 Å². The van der Waals surface area contributed by atoms with Crippen LogP contribution in [0.2, 0.25) is 0 Å². The Hall–Kier alpha value is -2.21. The Labute approximate surface area is 141 Å². The molecule has 2 aliphatic rings. The van der Waals surface area contributed by atoms with Crippen LogP contribution in [0.4, 0.5) is 0 Å². The minimum absolute atomic E-state index is 0.0182. The fourth-order valence-corrected chi connectivity index (χ4v) is 3.18. The molecule has 0 bridgehead atoms. The van der Waals surface area contributed by atoms with Crippen LogP contribution in [-0.4, -0.2) is 51.2 Å². The number of rotatable bonds is 5. The largest absolute Gasteiger partial charge is 0.337 e. The van der Waals surface area contributed by atoms with Gasteiger partial charge in [-0.15, -0.1) is 0 Å². The first-order valence-electron chi connectivity index (χ1n) is 8.79. The van der Waals surface area contributed by atoms with E-state index in [9.17, 15) is 4.79 Å². The summed E-state index contributed by atoms with van der Waals surface area (Å²) >= 11 is 0. The molecular formula is C18H23N5O. The van der Waals surface area contributed by atoms with Crippen molar-refractivity contribution in [1.82, 2.24) is 25.0 Å². The van der Waals surface area contributed by atoms with Crippen LogP contribution in [0.1, 0.15) is 36.2 Å². The first kappa shape index (κ1) is 15.3. The summed E-state index contributed by atoms with van der Waals surface area (Å²) in [5, 5.41) is 7.82. The smallest absolute Gasteiger partial charge is 0.272 e. The van der Waals surface area contributed by atoms with Gasteiger partial charge in [0.05, 0.1) is 0 Å². The highest BCUT2D eigenvalue weighted by atomic mass is 16.2. The molecule has 0 atom stereocenters. The fourth-order valence-electron chi connectivity index (χ4n) is 3.18. The maximum atomic E-state index is 12.7. The molecule has 3 heterocycles. The number of aromatic nitrogens is 3. The highest BCUT2D eigenvalue weighted by Gasteiger charge is 2.26. The van der Waals surface area contributed by atoms with Gasteiger partial charge in [0.2, 0.25) is 0 Å². The number of hydrogen-bond acceptors (Lipinski definition) is 4. The van der Waals surface area contributed by atoms with Crippen LogP contribution >= 0.6 is 0 Å². The highest BCUT2D eigenvalue weighted by Crippen LogP contribution is 2.28. The monoisotopic (exact) mass is 325 g/mol. The number of carbonyl (C=O) groups is 1. The van der Waals surface area contributed by atoms with Crippen molar-refractivity contribution in [3.63, 3.8) is 0 Å². The summed E-state index contributed by atoms with van der Waals surface area (Å²) in [4.78, 5) is 19.1. The predicted octanol–water partition coefficient (Wildman–Crippen LogP) is 1.87. The maximum absolute atomic E-state index is 12.7. The quantitative estimate of drug-likeness (QED) is 0.911. The van der Waals surface area contributed by atoms with E-state index in [1.54, 1.807) is 16.9 Å². The SMILES string of the molecule is O=C(c1cccc(-n2cccn2)n1)N1CCC(NCC2CC2)CC1. The first-order valence-corrected chi connectivity index (χ1v) is 8.79. The number of amides is 1. The number of hydrogen-bond donors (Lipinski definition) is 1. The molecule has 1 saturated heterocycles. The minimum atomic E-state index is 0.0182. The molecule has 0 unspecified atom stereocenters. The molecule has 6 nitrogen and oxygen atoms in total. The van der Waals surface area contributed by atoms with Crippen LogP contribution in [0.25, 0.3) is 5.82 Å². The van der Waals surface area contributed by atoms with Crippen molar-refractivity contribution in [3.8, 4) is 5.82 Å². The summed E-state index contributed by atoms with van der Waals surface area (Å²) in [7, 11) is 0. The summed E-state index contributed by atoms with van der Waals surface area (Å²) in [6, 6.07) is 7.90. The molecule has 0 aromatic carbocycles. The summed E-state index contributed by atoms with van der Waals surface area (Å²) in [6.07, 6.45) is 8.34. The second kappa shape index (κ2) is 6.73. The highest BCUT2D eigenvalue weighted by molar-refractivity contribution is 5.92. The second-order valence-corrected chi connectivity index (χ2v) is 6.75. The zero-order chi connectivity index (χ0) is 16.4. The Kier molecular flexibility index (Phi) is 4.30. The lowest BCUT2D eigenvalue weighted by atomic mass is 10.0. The molecule has 6 heteroatoms. The summed E-state index contributed by atoms with van der Waals surface area (Å²) in [6.45, 7) is 2.75. The van der Waals surface area contributed by atoms with Gasteiger partial charge in [0.15, 0.2) is 5.82 Å². The fraction of sp³-hybridized carbons (Fsp3) is 0.500. The topological polar surface area (TPSA) is 63.1 Å². The van der Waals surface area contributed by atoms with Gasteiger partial charge in [-0.2, -0.15) is 5.10 Å². The number of nitrogens with zero attached hydrogens (tertiary/aromatic N) is 4. The zero-order valence-electron chi connectivity index (χ0n) is 13.8. The van der Waals surface area contributed by atoms with Gasteiger partial charge in [-0.05, 0) is 56.3 Å². The maximum Gasteiger partial charge on any atom is 0.272 e. The summed E-state index contributed by atoms with van der Waals surface area (Å²) < 4.78 is 1.67. The first-order chi connectivity index (χ1) is 11.8. The van der Waals surface area contributed by atoms with Crippen molar-refractivity contribution >= 4 is 5.91 Å². The van der Waals surface area contributed by atoms with Crippen molar-refractivity contribution in [2.75, 3.05) is 19.6 Å². The van der Waals surface area contributed by atoms with E-state index in [1.807, 2.05) is 29.3 Å². The molecule has 2 aromatic rings. The van der Waals surface area contributed by atoms with Crippen molar-refractivity contribution in [1.29, 1.82) is 0 Å². The lowest BCUT2D eigenvalue weighted by Crippen LogP contribution is -2.45. The third-order valence-corrected chi connectivity index (χ3v) is 4.87. The minimum Gasteiger partial charge on any atom is -0.337 e. The number of likely N-dealkylation sites (tertiary alicyclic amines) is 1. The molecule has 2 fully saturated rings. The van der Waals surface area contributed by atoms with Crippen LogP contribution in [0.5, 0.6) is 0 Å². The van der Waals surface area contributed by atoms with E-state index in [0.29, 0.717) is 17.6 Å². The molecular weight excluding hydrogens is 302 g/mol. The molecule has 0 spiro atoms. The van der Waals surface area contributed by atoms with Crippen LogP contribution in [0.15, 0.2) is 36.7 Å². The average Bonchev–Trinajstić information content (AvgIpc) is 3.30. The van der Waals surface area contributed by atoms with E-state index < -0.39 is 0 Å². The molecule has 2 aromatic heterocycles. The number of nitrogens with one attached hydrogen (secondary N) is 1. The van der Waals surface area contributed by atoms with E-state index in [0.717, 1.165) is 38.4 Å². The standard InChI is InChI=1S/C18H23N5O/c24-18(16-3-1-4-17(21-16)23-10-2-9-20-23)22-11-7-15(8-12-22)19-13-14-5-6-14/h1-4,9-10,14-15,19H,5-8,11-13H2. The van der Waals surface area contributed by atoms with Gasteiger partial charge in [-0.3, -0.25) is 4.79 Å². The lowest BCUT2D eigenvalue weighted by Gasteiger charge is -2.32.